The molecule has 1 heterocycles. The average Bonchev–Trinajstić information content (AvgIpc) is 2.98. The molecule has 0 saturated carbocycles. The fourth-order valence-corrected chi connectivity index (χ4v) is 3.22. The van der Waals surface area contributed by atoms with Crippen LogP contribution in [0.4, 0.5) is 5.69 Å². The van der Waals surface area contributed by atoms with Crippen molar-refractivity contribution in [2.24, 2.45) is 0 Å². The van der Waals surface area contributed by atoms with Crippen molar-refractivity contribution < 1.29 is 4.79 Å². The number of fused-ring (bicyclic) bond motifs is 1. The van der Waals surface area contributed by atoms with E-state index in [4.69, 9.17) is 0 Å². The summed E-state index contributed by atoms with van der Waals surface area (Å²) in [5.41, 5.74) is 4.11. The molecule has 1 aliphatic rings. The van der Waals surface area contributed by atoms with Crippen LogP contribution in [0.25, 0.3) is 0 Å². The number of rotatable bonds is 4. The van der Waals surface area contributed by atoms with E-state index in [1.165, 1.54) is 5.56 Å². The van der Waals surface area contributed by atoms with Gasteiger partial charge in [0.15, 0.2) is 0 Å². The number of benzene rings is 1. The van der Waals surface area contributed by atoms with E-state index in [0.29, 0.717) is 6.04 Å². The second-order valence-corrected chi connectivity index (χ2v) is 7.00. The summed E-state index contributed by atoms with van der Waals surface area (Å²) in [6, 6.07) is 8.24. The number of hydrogen-bond acceptors (Lipinski definition) is 3. The lowest BCUT2D eigenvalue weighted by atomic mass is 9.93. The Morgan fingerprint density at radius 1 is 1.33 bits per heavy atom. The highest BCUT2D eigenvalue weighted by Gasteiger charge is 2.24. The van der Waals surface area contributed by atoms with Gasteiger partial charge in [-0.05, 0) is 44.4 Å². The SMILES string of the molecule is CC(C)n1cc2c(n1)CC(NC(=O)c1ccccc1N(C)C)CC2. The molecule has 128 valence electrons. The largest absolute Gasteiger partial charge is 0.377 e. The lowest BCUT2D eigenvalue weighted by Crippen LogP contribution is -2.39. The number of hydrogen-bond donors (Lipinski definition) is 1. The number of anilines is 1. The highest BCUT2D eigenvalue weighted by molar-refractivity contribution is 5.99. The van der Waals surface area contributed by atoms with Crippen molar-refractivity contribution in [2.75, 3.05) is 19.0 Å². The Morgan fingerprint density at radius 3 is 2.79 bits per heavy atom. The Kier molecular flexibility index (Phi) is 4.60. The molecular weight excluding hydrogens is 300 g/mol. The Labute approximate surface area is 143 Å². The first-order valence-electron chi connectivity index (χ1n) is 8.60. The molecule has 0 aliphatic heterocycles. The van der Waals surface area contributed by atoms with Crippen LogP contribution in [-0.4, -0.2) is 35.8 Å². The van der Waals surface area contributed by atoms with Crippen LogP contribution < -0.4 is 10.2 Å². The predicted molar refractivity (Wildman–Crippen MR) is 96.7 cm³/mol. The first-order valence-corrected chi connectivity index (χ1v) is 8.60. The molecule has 5 nitrogen and oxygen atoms in total. The van der Waals surface area contributed by atoms with E-state index >= 15 is 0 Å². The number of nitrogens with one attached hydrogen (secondary N) is 1. The van der Waals surface area contributed by atoms with Crippen LogP contribution in [0.15, 0.2) is 30.5 Å². The summed E-state index contributed by atoms with van der Waals surface area (Å²) in [6.07, 6.45) is 4.90. The van der Waals surface area contributed by atoms with E-state index in [0.717, 1.165) is 36.2 Å². The zero-order chi connectivity index (χ0) is 17.3. The summed E-state index contributed by atoms with van der Waals surface area (Å²) in [5, 5.41) is 7.88. The lowest BCUT2D eigenvalue weighted by molar-refractivity contribution is 0.0934. The van der Waals surface area contributed by atoms with Gasteiger partial charge in [-0.15, -0.1) is 0 Å². The maximum Gasteiger partial charge on any atom is 0.253 e. The monoisotopic (exact) mass is 326 g/mol. The maximum absolute atomic E-state index is 12.7. The van der Waals surface area contributed by atoms with E-state index in [2.05, 4.69) is 30.5 Å². The van der Waals surface area contributed by atoms with Crippen molar-refractivity contribution >= 4 is 11.6 Å². The smallest absolute Gasteiger partial charge is 0.253 e. The molecule has 1 aromatic heterocycles. The molecule has 0 saturated heterocycles. The number of amides is 1. The lowest BCUT2D eigenvalue weighted by Gasteiger charge is -2.24. The maximum atomic E-state index is 12.7. The van der Waals surface area contributed by atoms with E-state index in [9.17, 15) is 4.79 Å². The van der Waals surface area contributed by atoms with Crippen LogP contribution >= 0.6 is 0 Å². The van der Waals surface area contributed by atoms with Gasteiger partial charge in [-0.2, -0.15) is 5.10 Å². The van der Waals surface area contributed by atoms with Gasteiger partial charge in [0.25, 0.3) is 5.91 Å². The second-order valence-electron chi connectivity index (χ2n) is 7.00. The van der Waals surface area contributed by atoms with Gasteiger partial charge in [-0.25, -0.2) is 0 Å². The molecule has 1 N–H and O–H groups in total. The molecule has 0 bridgehead atoms. The van der Waals surface area contributed by atoms with Gasteiger partial charge in [0.1, 0.15) is 0 Å². The average molecular weight is 326 g/mol. The number of carbonyl (C=O) groups excluding carboxylic acids is 1. The first kappa shape index (κ1) is 16.6. The fourth-order valence-electron chi connectivity index (χ4n) is 3.22. The molecule has 3 rings (SSSR count). The molecular formula is C19H26N4O. The minimum atomic E-state index is -0.00366. The van der Waals surface area contributed by atoms with Crippen LogP contribution in [-0.2, 0) is 12.8 Å². The zero-order valence-corrected chi connectivity index (χ0v) is 14.9. The molecule has 0 radical (unpaired) electrons. The Morgan fingerprint density at radius 2 is 2.08 bits per heavy atom. The molecule has 1 unspecified atom stereocenters. The second kappa shape index (κ2) is 6.67. The van der Waals surface area contributed by atoms with Crippen LogP contribution in [0, 0.1) is 0 Å². The minimum absolute atomic E-state index is 0.00366. The van der Waals surface area contributed by atoms with Crippen LogP contribution in [0.2, 0.25) is 0 Å². The van der Waals surface area contributed by atoms with E-state index in [1.807, 2.05) is 47.9 Å². The molecule has 1 amide bonds. The molecule has 0 spiro atoms. The van der Waals surface area contributed by atoms with Gasteiger partial charge in [0.2, 0.25) is 0 Å². The van der Waals surface area contributed by atoms with Crippen LogP contribution in [0.3, 0.4) is 0 Å². The summed E-state index contributed by atoms with van der Waals surface area (Å²) < 4.78 is 2.02. The van der Waals surface area contributed by atoms with Crippen molar-refractivity contribution in [1.82, 2.24) is 15.1 Å². The molecule has 0 fully saturated rings. The van der Waals surface area contributed by atoms with E-state index in [-0.39, 0.29) is 11.9 Å². The summed E-state index contributed by atoms with van der Waals surface area (Å²) in [5.74, 6) is -0.00366. The predicted octanol–water partition coefficient (Wildman–Crippen LogP) is 2.82. The summed E-state index contributed by atoms with van der Waals surface area (Å²) in [6.45, 7) is 4.27. The van der Waals surface area contributed by atoms with Crippen molar-refractivity contribution in [3.63, 3.8) is 0 Å². The van der Waals surface area contributed by atoms with Crippen molar-refractivity contribution in [1.29, 1.82) is 0 Å². The number of aromatic nitrogens is 2. The molecule has 1 atom stereocenters. The highest BCUT2D eigenvalue weighted by atomic mass is 16.1. The third-order valence-corrected chi connectivity index (χ3v) is 4.59. The zero-order valence-electron chi connectivity index (χ0n) is 14.9. The normalized spacial score (nSPS) is 16.8. The van der Waals surface area contributed by atoms with Gasteiger partial charge in [-0.3, -0.25) is 9.48 Å². The number of nitrogens with zero attached hydrogens (tertiary/aromatic N) is 3. The molecule has 1 aliphatic carbocycles. The summed E-state index contributed by atoms with van der Waals surface area (Å²) >= 11 is 0. The van der Waals surface area contributed by atoms with E-state index in [1.54, 1.807) is 0 Å². The highest BCUT2D eigenvalue weighted by Crippen LogP contribution is 2.23. The number of para-hydroxylation sites is 1. The van der Waals surface area contributed by atoms with Crippen molar-refractivity contribution in [3.8, 4) is 0 Å². The summed E-state index contributed by atoms with van der Waals surface area (Å²) in [7, 11) is 3.91. The minimum Gasteiger partial charge on any atom is -0.377 e. The number of carbonyl (C=O) groups is 1. The molecule has 1 aromatic carbocycles. The van der Waals surface area contributed by atoms with Gasteiger partial charge in [0.05, 0.1) is 11.3 Å². The standard InChI is InChI=1S/C19H26N4O/c1-13(2)23-12-14-9-10-15(11-17(14)21-23)20-19(24)16-7-5-6-8-18(16)22(3)4/h5-8,12-13,15H,9-11H2,1-4H3,(H,20,24). The van der Waals surface area contributed by atoms with Crippen molar-refractivity contribution in [2.45, 2.75) is 45.2 Å². The third-order valence-electron chi connectivity index (χ3n) is 4.59. The van der Waals surface area contributed by atoms with Gasteiger partial charge < -0.3 is 10.2 Å². The van der Waals surface area contributed by atoms with Crippen LogP contribution in [0.5, 0.6) is 0 Å². The number of aryl methyl sites for hydroxylation is 1. The summed E-state index contributed by atoms with van der Waals surface area (Å²) in [4.78, 5) is 14.7. The Hall–Kier alpha value is -2.30. The van der Waals surface area contributed by atoms with Gasteiger partial charge in [-0.1, -0.05) is 12.1 Å². The van der Waals surface area contributed by atoms with E-state index < -0.39 is 0 Å². The first-order chi connectivity index (χ1) is 11.5. The molecule has 2 aromatic rings. The topological polar surface area (TPSA) is 50.2 Å². The quantitative estimate of drug-likeness (QED) is 0.940. The molecule has 24 heavy (non-hydrogen) atoms. The van der Waals surface area contributed by atoms with Gasteiger partial charge >= 0.3 is 0 Å². The Bertz CT molecular complexity index is 733. The molecule has 5 heteroatoms. The van der Waals surface area contributed by atoms with Crippen LogP contribution in [0.1, 0.15) is 47.9 Å². The Balaban J connectivity index is 1.72. The van der Waals surface area contributed by atoms with Gasteiger partial charge in [0, 0.05) is 44.5 Å². The fraction of sp³-hybridized carbons (Fsp3) is 0.474. The third kappa shape index (κ3) is 3.30. The van der Waals surface area contributed by atoms with Crippen molar-refractivity contribution in [3.05, 3.63) is 47.3 Å².